The molecule has 0 rings (SSSR count). The summed E-state index contributed by atoms with van der Waals surface area (Å²) in [5.41, 5.74) is 0. The Kier molecular flexibility index (Phi) is 61.8. The zero-order valence-corrected chi connectivity index (χ0v) is 50.7. The smallest absolute Gasteiger partial charge is 0.306 e. The monoisotopic (exact) mass is 1070 g/mol. The first kappa shape index (κ1) is 73.3. The third-order valence-corrected chi connectivity index (χ3v) is 14.1. The summed E-state index contributed by atoms with van der Waals surface area (Å²) in [6, 6.07) is 0. The van der Waals surface area contributed by atoms with Crippen molar-refractivity contribution >= 4 is 17.9 Å². The molecule has 0 radical (unpaired) electrons. The van der Waals surface area contributed by atoms with Crippen molar-refractivity contribution in [1.29, 1.82) is 0 Å². The molecule has 0 saturated carbocycles. The lowest BCUT2D eigenvalue weighted by atomic mass is 10.0. The quantitative estimate of drug-likeness (QED) is 0.0261. The minimum atomic E-state index is -0.776. The van der Waals surface area contributed by atoms with E-state index in [4.69, 9.17) is 14.2 Å². The van der Waals surface area contributed by atoms with Gasteiger partial charge in [0, 0.05) is 19.3 Å². The zero-order chi connectivity index (χ0) is 55.7. The number of unbranched alkanes of at least 4 members (excludes halogenated alkanes) is 32. The molecule has 0 aliphatic rings. The van der Waals surface area contributed by atoms with E-state index in [1.807, 2.05) is 0 Å². The molecule has 0 amide bonds. The minimum absolute atomic E-state index is 0.0773. The molecule has 0 N–H and O–H groups in total. The molecule has 0 aromatic heterocycles. The Morgan fingerprint density at radius 2 is 0.506 bits per heavy atom. The van der Waals surface area contributed by atoms with Crippen molar-refractivity contribution in [2.45, 2.75) is 322 Å². The van der Waals surface area contributed by atoms with Crippen LogP contribution in [-0.2, 0) is 28.6 Å². The number of ether oxygens (including phenoxy) is 3. The van der Waals surface area contributed by atoms with Crippen molar-refractivity contribution < 1.29 is 28.6 Å². The molecule has 6 heteroatoms. The Labute approximate surface area is 477 Å². The van der Waals surface area contributed by atoms with Crippen LogP contribution in [0.4, 0.5) is 0 Å². The van der Waals surface area contributed by atoms with Crippen molar-refractivity contribution in [1.82, 2.24) is 0 Å². The number of allylic oxidation sites excluding steroid dienone is 16. The lowest BCUT2D eigenvalue weighted by Gasteiger charge is -2.18. The topological polar surface area (TPSA) is 78.9 Å². The van der Waals surface area contributed by atoms with Gasteiger partial charge in [0.25, 0.3) is 0 Å². The summed E-state index contributed by atoms with van der Waals surface area (Å²) in [6.45, 7) is 6.46. The number of rotatable bonds is 59. The van der Waals surface area contributed by atoms with Crippen LogP contribution in [0.5, 0.6) is 0 Å². The summed E-state index contributed by atoms with van der Waals surface area (Å²) < 4.78 is 16.8. The number of hydrogen-bond acceptors (Lipinski definition) is 6. The Morgan fingerprint density at radius 3 is 0.805 bits per heavy atom. The molecule has 442 valence electrons. The second-order valence-corrected chi connectivity index (χ2v) is 21.6. The van der Waals surface area contributed by atoms with Crippen molar-refractivity contribution in [3.05, 3.63) is 97.2 Å². The fourth-order valence-corrected chi connectivity index (χ4v) is 9.18. The van der Waals surface area contributed by atoms with E-state index in [0.717, 1.165) is 109 Å². The summed E-state index contributed by atoms with van der Waals surface area (Å²) in [7, 11) is 0. The molecule has 77 heavy (non-hydrogen) atoms. The van der Waals surface area contributed by atoms with Gasteiger partial charge in [-0.15, -0.1) is 0 Å². The first-order valence-corrected chi connectivity index (χ1v) is 32.7. The van der Waals surface area contributed by atoms with Gasteiger partial charge < -0.3 is 14.2 Å². The van der Waals surface area contributed by atoms with Gasteiger partial charge in [0.2, 0.25) is 0 Å². The maximum absolute atomic E-state index is 12.8. The van der Waals surface area contributed by atoms with Crippen LogP contribution in [0.2, 0.25) is 0 Å². The first-order chi connectivity index (χ1) is 38.0. The van der Waals surface area contributed by atoms with E-state index in [9.17, 15) is 14.4 Å². The van der Waals surface area contributed by atoms with Gasteiger partial charge in [-0.2, -0.15) is 0 Å². The number of esters is 3. The third-order valence-electron chi connectivity index (χ3n) is 14.1. The van der Waals surface area contributed by atoms with Crippen LogP contribution >= 0.6 is 0 Å². The van der Waals surface area contributed by atoms with Crippen molar-refractivity contribution in [2.75, 3.05) is 13.2 Å². The van der Waals surface area contributed by atoms with E-state index in [0.29, 0.717) is 19.3 Å². The molecule has 0 spiro atoms. The fourth-order valence-electron chi connectivity index (χ4n) is 9.18. The molecule has 0 aromatic carbocycles. The lowest BCUT2D eigenvalue weighted by Crippen LogP contribution is -2.30. The van der Waals surface area contributed by atoms with Gasteiger partial charge >= 0.3 is 17.9 Å². The maximum Gasteiger partial charge on any atom is 0.306 e. The molecule has 0 fully saturated rings. The van der Waals surface area contributed by atoms with Crippen LogP contribution in [-0.4, -0.2) is 37.2 Å². The molecule has 0 heterocycles. The van der Waals surface area contributed by atoms with Crippen LogP contribution in [0, 0.1) is 0 Å². The summed E-state index contributed by atoms with van der Waals surface area (Å²) in [6.07, 6.45) is 87.5. The molecule has 0 aromatic rings. The Morgan fingerprint density at radius 1 is 0.273 bits per heavy atom. The Balaban J connectivity index is 4.02. The molecule has 0 bridgehead atoms. The van der Waals surface area contributed by atoms with E-state index in [2.05, 4.69) is 118 Å². The van der Waals surface area contributed by atoms with Crippen LogP contribution in [0.3, 0.4) is 0 Å². The number of carbonyl (C=O) groups excluding carboxylic acids is 3. The highest BCUT2D eigenvalue weighted by molar-refractivity contribution is 5.71. The van der Waals surface area contributed by atoms with Gasteiger partial charge in [-0.25, -0.2) is 0 Å². The van der Waals surface area contributed by atoms with Crippen molar-refractivity contribution in [3.8, 4) is 0 Å². The van der Waals surface area contributed by atoms with Crippen LogP contribution in [0.1, 0.15) is 316 Å². The van der Waals surface area contributed by atoms with Gasteiger partial charge in [-0.05, 0) is 103 Å². The van der Waals surface area contributed by atoms with Gasteiger partial charge in [0.15, 0.2) is 6.10 Å². The van der Waals surface area contributed by atoms with E-state index in [1.54, 1.807) is 0 Å². The molecule has 0 aliphatic carbocycles. The zero-order valence-electron chi connectivity index (χ0n) is 50.7. The first-order valence-electron chi connectivity index (χ1n) is 32.7. The van der Waals surface area contributed by atoms with Gasteiger partial charge in [0.05, 0.1) is 0 Å². The summed E-state index contributed by atoms with van der Waals surface area (Å²) in [5, 5.41) is 0. The predicted octanol–water partition coefficient (Wildman–Crippen LogP) is 22.4. The van der Waals surface area contributed by atoms with Gasteiger partial charge in [-0.3, -0.25) is 14.4 Å². The second-order valence-electron chi connectivity index (χ2n) is 21.6. The van der Waals surface area contributed by atoms with E-state index in [1.165, 1.54) is 167 Å². The molecule has 0 saturated heterocycles. The molecule has 0 aliphatic heterocycles. The standard InChI is InChI=1S/C71H122O6/c1-4-7-10-13-15-17-19-21-23-25-27-29-30-31-32-33-34-35-36-37-38-39-40-42-43-45-47-49-51-53-55-58-61-64-70(73)76-67-68(66-75-69(72)63-60-57-12-9-6-3)77-71(74)65-62-59-56-54-52-50-48-46-44-41-28-26-24-22-20-18-16-14-11-8-5-2/h7,10,15,17,21,23,26-29,31-32,34-35,37-38,68H,4-6,8-9,11-14,16,18-20,22,24-25,30,33,36,39-67H2,1-3H3/b10-7-,17-15-,23-21-,28-26-,29-27-,32-31-,35-34-,38-37-. The average molecular weight is 1070 g/mol. The molecular weight excluding hydrogens is 949 g/mol. The van der Waals surface area contributed by atoms with E-state index >= 15 is 0 Å². The fraction of sp³-hybridized carbons (Fsp3) is 0.732. The highest BCUT2D eigenvalue weighted by atomic mass is 16.6. The number of carbonyl (C=O) groups is 3. The summed E-state index contributed by atoms with van der Waals surface area (Å²) in [5.74, 6) is -0.887. The van der Waals surface area contributed by atoms with Crippen LogP contribution < -0.4 is 0 Å². The molecular formula is C71H122O6. The largest absolute Gasteiger partial charge is 0.462 e. The third kappa shape index (κ3) is 63.0. The maximum atomic E-state index is 12.8. The second kappa shape index (κ2) is 64.9. The van der Waals surface area contributed by atoms with Gasteiger partial charge in [0.1, 0.15) is 13.2 Å². The molecule has 1 atom stereocenters. The van der Waals surface area contributed by atoms with Crippen LogP contribution in [0.15, 0.2) is 97.2 Å². The lowest BCUT2D eigenvalue weighted by molar-refractivity contribution is -0.167. The minimum Gasteiger partial charge on any atom is -0.462 e. The van der Waals surface area contributed by atoms with E-state index in [-0.39, 0.29) is 31.1 Å². The predicted molar refractivity (Wildman–Crippen MR) is 334 cm³/mol. The molecule has 1 unspecified atom stereocenters. The number of hydrogen-bond donors (Lipinski definition) is 0. The Bertz CT molecular complexity index is 1510. The van der Waals surface area contributed by atoms with Crippen molar-refractivity contribution in [3.63, 3.8) is 0 Å². The summed E-state index contributed by atoms with van der Waals surface area (Å²) in [4.78, 5) is 37.9. The SMILES string of the molecule is CC/C=C\C/C=C\C/C=C\C/C=C\C/C=C\C/C=C\C/C=C\CCCCCCCCCCCCCC(=O)OCC(COC(=O)CCCCCCC)OC(=O)CCCCCCCCCCC/C=C\CCCCCCCCCC. The van der Waals surface area contributed by atoms with E-state index < -0.39 is 6.10 Å². The highest BCUT2D eigenvalue weighted by Crippen LogP contribution is 2.16. The van der Waals surface area contributed by atoms with Crippen LogP contribution in [0.25, 0.3) is 0 Å². The van der Waals surface area contributed by atoms with Crippen molar-refractivity contribution in [2.24, 2.45) is 0 Å². The van der Waals surface area contributed by atoms with Gasteiger partial charge in [-0.1, -0.05) is 291 Å². The Hall–Kier alpha value is -3.67. The summed E-state index contributed by atoms with van der Waals surface area (Å²) >= 11 is 0. The highest BCUT2D eigenvalue weighted by Gasteiger charge is 2.19. The normalized spacial score (nSPS) is 12.7. The average Bonchev–Trinajstić information content (AvgIpc) is 3.43. The molecule has 6 nitrogen and oxygen atoms in total.